The maximum atomic E-state index is 13.3. The predicted octanol–water partition coefficient (Wildman–Crippen LogP) is 1.63. The van der Waals surface area contributed by atoms with Crippen LogP contribution < -0.4 is 14.5 Å². The molecule has 5 rings (SSSR count). The number of piperidine rings is 1. The van der Waals surface area contributed by atoms with Crippen molar-refractivity contribution in [2.24, 2.45) is 5.92 Å². The number of hydrogen-bond donors (Lipinski definition) is 0. The molecule has 2 aliphatic rings. The van der Waals surface area contributed by atoms with Crippen molar-refractivity contribution in [1.29, 1.82) is 0 Å². The molecule has 0 bridgehead atoms. The molecule has 0 spiro atoms. The molecular weight excluding hydrogens is 420 g/mol. The molecule has 0 radical (unpaired) electrons. The molecule has 4 heterocycles. The van der Waals surface area contributed by atoms with Crippen molar-refractivity contribution < 1.29 is 9.53 Å². The van der Waals surface area contributed by atoms with Crippen LogP contribution in [0.25, 0.3) is 5.82 Å². The molecule has 2 aromatic heterocycles. The van der Waals surface area contributed by atoms with E-state index in [9.17, 15) is 4.79 Å². The minimum atomic E-state index is -0.0110. The average molecular weight is 449 g/mol. The van der Waals surface area contributed by atoms with E-state index in [2.05, 4.69) is 42.2 Å². The Hall–Kier alpha value is -3.69. The first-order valence-electron chi connectivity index (χ1n) is 11.3. The van der Waals surface area contributed by atoms with E-state index in [1.54, 1.807) is 18.1 Å². The molecule has 33 heavy (non-hydrogen) atoms. The van der Waals surface area contributed by atoms with Gasteiger partial charge in [-0.3, -0.25) is 4.79 Å². The number of benzene rings is 1. The molecule has 0 N–H and O–H groups in total. The fraction of sp³-hybridized carbons (Fsp3) is 0.435. The third-order valence-corrected chi connectivity index (χ3v) is 6.41. The predicted molar refractivity (Wildman–Crippen MR) is 124 cm³/mol. The Labute approximate surface area is 192 Å². The highest BCUT2D eigenvalue weighted by atomic mass is 16.5. The first-order valence-corrected chi connectivity index (χ1v) is 11.3. The summed E-state index contributed by atoms with van der Waals surface area (Å²) in [4.78, 5) is 23.7. The highest BCUT2D eigenvalue weighted by molar-refractivity contribution is 5.80. The summed E-state index contributed by atoms with van der Waals surface area (Å²) in [7, 11) is 1.67. The molecule has 1 amide bonds. The van der Waals surface area contributed by atoms with Crippen molar-refractivity contribution in [2.45, 2.75) is 12.8 Å². The molecule has 10 nitrogen and oxygen atoms in total. The highest BCUT2D eigenvalue weighted by Crippen LogP contribution is 2.25. The molecule has 172 valence electrons. The minimum Gasteiger partial charge on any atom is -0.497 e. The van der Waals surface area contributed by atoms with Gasteiger partial charge in [-0.15, -0.1) is 10.2 Å². The van der Waals surface area contributed by atoms with Gasteiger partial charge in [-0.2, -0.15) is 5.10 Å². The van der Waals surface area contributed by atoms with Gasteiger partial charge in [0.05, 0.1) is 13.0 Å². The molecule has 0 aliphatic carbocycles. The molecule has 2 aliphatic heterocycles. The van der Waals surface area contributed by atoms with E-state index in [1.165, 1.54) is 12.0 Å². The Balaban J connectivity index is 1.17. The van der Waals surface area contributed by atoms with Gasteiger partial charge in [-0.25, -0.2) is 9.67 Å². The van der Waals surface area contributed by atoms with Crippen LogP contribution in [-0.4, -0.2) is 82.1 Å². The maximum Gasteiger partial charge on any atom is 0.227 e. The van der Waals surface area contributed by atoms with Gasteiger partial charge < -0.3 is 19.4 Å². The molecule has 10 heteroatoms. The Morgan fingerprint density at radius 2 is 1.70 bits per heavy atom. The van der Waals surface area contributed by atoms with Gasteiger partial charge in [0.25, 0.3) is 0 Å². The van der Waals surface area contributed by atoms with Crippen molar-refractivity contribution in [3.63, 3.8) is 0 Å². The maximum absolute atomic E-state index is 13.3. The molecule has 1 aromatic carbocycles. The van der Waals surface area contributed by atoms with E-state index in [0.29, 0.717) is 12.4 Å². The largest absolute Gasteiger partial charge is 0.497 e. The van der Waals surface area contributed by atoms with Crippen LogP contribution in [0.15, 0.2) is 49.1 Å². The lowest BCUT2D eigenvalue weighted by Crippen LogP contribution is -2.52. The number of ether oxygens (including phenoxy) is 1. The summed E-state index contributed by atoms with van der Waals surface area (Å²) in [6.45, 7) is 4.72. The Morgan fingerprint density at radius 3 is 2.36 bits per heavy atom. The van der Waals surface area contributed by atoms with E-state index in [0.717, 1.165) is 57.1 Å². The lowest BCUT2D eigenvalue weighted by molar-refractivity contribution is -0.136. The quantitative estimate of drug-likeness (QED) is 0.582. The first kappa shape index (κ1) is 21.2. The van der Waals surface area contributed by atoms with E-state index >= 15 is 0 Å². The molecule has 2 fully saturated rings. The molecule has 3 aromatic rings. The van der Waals surface area contributed by atoms with E-state index in [1.807, 2.05) is 29.2 Å². The molecule has 0 saturated carbocycles. The number of carbonyl (C=O) groups is 1. The fourth-order valence-corrected chi connectivity index (χ4v) is 4.56. The number of amides is 1. The number of aromatic nitrogens is 5. The van der Waals surface area contributed by atoms with Gasteiger partial charge >= 0.3 is 0 Å². The Morgan fingerprint density at radius 1 is 0.939 bits per heavy atom. The normalized spacial score (nSPS) is 18.9. The topological polar surface area (TPSA) is 92.5 Å². The number of rotatable bonds is 5. The van der Waals surface area contributed by atoms with Crippen molar-refractivity contribution in [2.75, 3.05) is 56.2 Å². The van der Waals surface area contributed by atoms with E-state index < -0.39 is 0 Å². The van der Waals surface area contributed by atoms with E-state index in [4.69, 9.17) is 4.74 Å². The zero-order valence-electron chi connectivity index (χ0n) is 18.7. The highest BCUT2D eigenvalue weighted by Gasteiger charge is 2.31. The Kier molecular flexibility index (Phi) is 6.05. The summed E-state index contributed by atoms with van der Waals surface area (Å²) >= 11 is 0. The second kappa shape index (κ2) is 9.43. The summed E-state index contributed by atoms with van der Waals surface area (Å²) in [5.41, 5.74) is 1.17. The lowest BCUT2D eigenvalue weighted by atomic mass is 9.96. The van der Waals surface area contributed by atoms with Gasteiger partial charge in [0.2, 0.25) is 5.91 Å². The van der Waals surface area contributed by atoms with Gasteiger partial charge in [-0.05, 0) is 49.2 Å². The van der Waals surface area contributed by atoms with Crippen molar-refractivity contribution in [3.05, 3.63) is 49.1 Å². The van der Waals surface area contributed by atoms with Gasteiger partial charge in [-0.1, -0.05) is 0 Å². The number of nitrogens with zero attached hydrogens (tertiary/aromatic N) is 8. The second-order valence-electron chi connectivity index (χ2n) is 8.39. The first-order chi connectivity index (χ1) is 16.2. The molecule has 1 atom stereocenters. The smallest absolute Gasteiger partial charge is 0.227 e. The van der Waals surface area contributed by atoms with Crippen LogP contribution in [0.2, 0.25) is 0 Å². The van der Waals surface area contributed by atoms with Crippen LogP contribution in [0.1, 0.15) is 12.8 Å². The zero-order chi connectivity index (χ0) is 22.6. The summed E-state index contributed by atoms with van der Waals surface area (Å²) < 4.78 is 6.82. The Bertz CT molecular complexity index is 1050. The fourth-order valence-electron chi connectivity index (χ4n) is 4.56. The van der Waals surface area contributed by atoms with Crippen LogP contribution in [0.3, 0.4) is 0 Å². The van der Waals surface area contributed by atoms with Gasteiger partial charge in [0.1, 0.15) is 18.4 Å². The van der Waals surface area contributed by atoms with Crippen LogP contribution in [0.4, 0.5) is 11.5 Å². The second-order valence-corrected chi connectivity index (χ2v) is 8.39. The number of hydrogen-bond acceptors (Lipinski definition) is 8. The molecule has 0 unspecified atom stereocenters. The van der Waals surface area contributed by atoms with Gasteiger partial charge in [0, 0.05) is 45.0 Å². The standard InChI is InChI=1S/C23H28N8O2/c1-33-20-6-4-19(5-7-20)28-11-13-29(14-12-28)23(32)18-3-2-10-30(15-18)21-8-9-22(27-26-21)31-17-24-16-25-31/h4-9,16-18H,2-3,10-15H2,1H3/t18-/m1/s1. The number of anilines is 2. The van der Waals surface area contributed by atoms with Gasteiger partial charge in [0.15, 0.2) is 11.6 Å². The number of carbonyl (C=O) groups excluding carboxylic acids is 1. The summed E-state index contributed by atoms with van der Waals surface area (Å²) in [5, 5.41) is 12.7. The van der Waals surface area contributed by atoms with E-state index in [-0.39, 0.29) is 11.8 Å². The SMILES string of the molecule is COc1ccc(N2CCN(C(=O)[C@@H]3CCCN(c4ccc(-n5cncn5)nn4)C3)CC2)cc1. The summed E-state index contributed by atoms with van der Waals surface area (Å²) in [6, 6.07) is 11.9. The number of methoxy groups -OCH3 is 1. The average Bonchev–Trinajstić information content (AvgIpc) is 3.44. The molecular formula is C23H28N8O2. The summed E-state index contributed by atoms with van der Waals surface area (Å²) in [5.74, 6) is 2.51. The van der Waals surface area contributed by atoms with Crippen molar-refractivity contribution in [3.8, 4) is 11.6 Å². The monoisotopic (exact) mass is 448 g/mol. The minimum absolute atomic E-state index is 0.0110. The third-order valence-electron chi connectivity index (χ3n) is 6.41. The van der Waals surface area contributed by atoms with Crippen molar-refractivity contribution in [1.82, 2.24) is 29.9 Å². The van der Waals surface area contributed by atoms with Crippen LogP contribution in [0.5, 0.6) is 5.75 Å². The third kappa shape index (κ3) is 4.59. The molecule has 2 saturated heterocycles. The van der Waals surface area contributed by atoms with Crippen molar-refractivity contribution >= 4 is 17.4 Å². The number of piperazine rings is 1. The van der Waals surface area contributed by atoms with Crippen LogP contribution >= 0.6 is 0 Å². The lowest BCUT2D eigenvalue weighted by Gasteiger charge is -2.40. The van der Waals surface area contributed by atoms with Crippen LogP contribution in [-0.2, 0) is 4.79 Å². The van der Waals surface area contributed by atoms with Crippen LogP contribution in [0, 0.1) is 5.92 Å². The zero-order valence-corrected chi connectivity index (χ0v) is 18.7. The summed E-state index contributed by atoms with van der Waals surface area (Å²) in [6.07, 6.45) is 4.94.